The van der Waals surface area contributed by atoms with Gasteiger partial charge in [0.1, 0.15) is 0 Å². The third-order valence-corrected chi connectivity index (χ3v) is 2.39. The molecular weight excluding hydrogens is 194 g/mol. The molecule has 13 heavy (non-hydrogen) atoms. The summed E-state index contributed by atoms with van der Waals surface area (Å²) in [5.74, 6) is 0. The van der Waals surface area contributed by atoms with Gasteiger partial charge in [0.05, 0.1) is 4.90 Å². The zero-order valence-corrected chi connectivity index (χ0v) is 7.75. The SMILES string of the molecule is Cc1ccccc1S(=O)(=O)O.O.[N]. The molecule has 0 saturated heterocycles. The topological polar surface area (TPSA) is 116 Å². The maximum Gasteiger partial charge on any atom is 0.294 e. The van der Waals surface area contributed by atoms with Gasteiger partial charge >= 0.3 is 0 Å². The maximum absolute atomic E-state index is 10.6. The summed E-state index contributed by atoms with van der Waals surface area (Å²) in [7, 11) is -4.03. The molecule has 0 amide bonds. The van der Waals surface area contributed by atoms with Crippen LogP contribution in [0, 0.1) is 6.92 Å². The highest BCUT2D eigenvalue weighted by atomic mass is 32.2. The Balaban J connectivity index is 0. The van der Waals surface area contributed by atoms with Gasteiger partial charge in [0.25, 0.3) is 10.1 Å². The Bertz CT molecular complexity index is 361. The molecule has 0 bridgehead atoms. The Kier molecular flexibility index (Phi) is 5.52. The van der Waals surface area contributed by atoms with E-state index in [9.17, 15) is 8.42 Å². The molecule has 1 aromatic rings. The standard InChI is InChI=1S/C7H8O3S.N.H2O/c1-6-4-2-3-5-7(6)11(8,9)10;;/h2-5H,1H3,(H,8,9,10);;1H2. The Morgan fingerprint density at radius 2 is 1.69 bits per heavy atom. The third kappa shape index (κ3) is 3.51. The first-order chi connectivity index (χ1) is 5.02. The number of hydrogen-bond acceptors (Lipinski definition) is 2. The van der Waals surface area contributed by atoms with Gasteiger partial charge in [-0.2, -0.15) is 8.42 Å². The molecular formula is C7H10NO4S. The van der Waals surface area contributed by atoms with Gasteiger partial charge in [0.15, 0.2) is 0 Å². The van der Waals surface area contributed by atoms with E-state index in [1.807, 2.05) is 0 Å². The maximum atomic E-state index is 10.6. The summed E-state index contributed by atoms with van der Waals surface area (Å²) >= 11 is 0. The van der Waals surface area contributed by atoms with Gasteiger partial charge in [-0.05, 0) is 18.6 Å². The number of nitrogens with zero attached hydrogens (tertiary/aromatic N) is 1. The first-order valence-electron chi connectivity index (χ1n) is 3.05. The molecule has 0 aliphatic carbocycles. The second-order valence-corrected chi connectivity index (χ2v) is 3.63. The summed E-state index contributed by atoms with van der Waals surface area (Å²) in [6, 6.07) is 6.27. The number of hydrogen-bond donors (Lipinski definition) is 1. The fourth-order valence-corrected chi connectivity index (χ4v) is 1.57. The van der Waals surface area contributed by atoms with Crippen LogP contribution in [0.15, 0.2) is 29.2 Å². The van der Waals surface area contributed by atoms with E-state index in [2.05, 4.69) is 0 Å². The lowest BCUT2D eigenvalue weighted by molar-refractivity contribution is 0.482. The second kappa shape index (κ2) is 4.93. The van der Waals surface area contributed by atoms with Crippen molar-refractivity contribution in [3.63, 3.8) is 0 Å². The highest BCUT2D eigenvalue weighted by molar-refractivity contribution is 7.85. The Labute approximate surface area is 77.0 Å². The van der Waals surface area contributed by atoms with Crippen molar-refractivity contribution in [2.24, 2.45) is 0 Å². The molecule has 0 saturated carbocycles. The molecule has 3 radical (unpaired) electrons. The van der Waals surface area contributed by atoms with E-state index in [1.54, 1.807) is 25.1 Å². The van der Waals surface area contributed by atoms with Crippen LogP contribution < -0.4 is 6.15 Å². The van der Waals surface area contributed by atoms with Crippen molar-refractivity contribution in [1.29, 1.82) is 0 Å². The summed E-state index contributed by atoms with van der Waals surface area (Å²) < 4.78 is 29.9. The third-order valence-electron chi connectivity index (χ3n) is 1.37. The minimum absolute atomic E-state index is 0. The first kappa shape index (κ1) is 14.6. The molecule has 1 aromatic carbocycles. The average molecular weight is 204 g/mol. The van der Waals surface area contributed by atoms with Crippen molar-refractivity contribution in [1.82, 2.24) is 6.15 Å². The molecule has 73 valence electrons. The molecule has 0 aliphatic heterocycles. The Morgan fingerprint density at radius 1 is 1.23 bits per heavy atom. The van der Waals surface area contributed by atoms with Crippen LogP contribution in [0.5, 0.6) is 0 Å². The number of benzene rings is 1. The van der Waals surface area contributed by atoms with Gasteiger partial charge in [-0.1, -0.05) is 18.2 Å². The van der Waals surface area contributed by atoms with E-state index < -0.39 is 10.1 Å². The van der Waals surface area contributed by atoms with E-state index in [4.69, 9.17) is 4.55 Å². The first-order valence-corrected chi connectivity index (χ1v) is 4.49. The molecule has 6 heteroatoms. The normalized spacial score (nSPS) is 9.69. The summed E-state index contributed by atoms with van der Waals surface area (Å²) in [6.45, 7) is 1.63. The van der Waals surface area contributed by atoms with Gasteiger partial charge in [-0.25, -0.2) is 0 Å². The van der Waals surface area contributed by atoms with Crippen molar-refractivity contribution in [2.45, 2.75) is 11.8 Å². The van der Waals surface area contributed by atoms with E-state index in [0.717, 1.165) is 0 Å². The van der Waals surface area contributed by atoms with Crippen LogP contribution in [-0.2, 0) is 10.1 Å². The fourth-order valence-electron chi connectivity index (χ4n) is 0.846. The van der Waals surface area contributed by atoms with E-state index >= 15 is 0 Å². The van der Waals surface area contributed by atoms with Crippen LogP contribution in [0.25, 0.3) is 0 Å². The Morgan fingerprint density at radius 3 is 2.00 bits per heavy atom. The van der Waals surface area contributed by atoms with Crippen molar-refractivity contribution < 1.29 is 18.4 Å². The summed E-state index contributed by atoms with van der Waals surface area (Å²) in [5, 5.41) is 0. The quantitative estimate of drug-likeness (QED) is 0.645. The van der Waals surface area contributed by atoms with Crippen molar-refractivity contribution in [3.8, 4) is 0 Å². The molecule has 0 spiro atoms. The van der Waals surface area contributed by atoms with Crippen LogP contribution >= 0.6 is 0 Å². The number of rotatable bonds is 1. The minimum Gasteiger partial charge on any atom is -0.412 e. The lowest BCUT2D eigenvalue weighted by Crippen LogP contribution is -1.99. The zero-order chi connectivity index (χ0) is 8.48. The van der Waals surface area contributed by atoms with E-state index in [1.165, 1.54) is 6.07 Å². The lowest BCUT2D eigenvalue weighted by Gasteiger charge is -1.99. The van der Waals surface area contributed by atoms with Crippen LogP contribution in [-0.4, -0.2) is 18.4 Å². The molecule has 1 rings (SSSR count). The van der Waals surface area contributed by atoms with Crippen LogP contribution in [0.4, 0.5) is 0 Å². The van der Waals surface area contributed by atoms with Gasteiger partial charge in [-0.15, -0.1) is 0 Å². The number of aryl methyl sites for hydroxylation is 1. The predicted molar refractivity (Wildman–Crippen MR) is 46.7 cm³/mol. The van der Waals surface area contributed by atoms with Crippen LogP contribution in [0.2, 0.25) is 0 Å². The average Bonchev–Trinajstić information content (AvgIpc) is 1.86. The highest BCUT2D eigenvalue weighted by Crippen LogP contribution is 2.12. The van der Waals surface area contributed by atoms with Crippen molar-refractivity contribution in [3.05, 3.63) is 29.8 Å². The van der Waals surface area contributed by atoms with Gasteiger partial charge in [-0.3, -0.25) is 4.55 Å². The molecule has 5 nitrogen and oxygen atoms in total. The Hall–Kier alpha value is -0.950. The van der Waals surface area contributed by atoms with Crippen molar-refractivity contribution >= 4 is 10.1 Å². The zero-order valence-electron chi connectivity index (χ0n) is 6.93. The monoisotopic (exact) mass is 204 g/mol. The van der Waals surface area contributed by atoms with Gasteiger partial charge in [0.2, 0.25) is 0 Å². The van der Waals surface area contributed by atoms with E-state index in [0.29, 0.717) is 5.56 Å². The van der Waals surface area contributed by atoms with Gasteiger partial charge in [0, 0.05) is 6.15 Å². The summed E-state index contributed by atoms with van der Waals surface area (Å²) in [5.41, 5.74) is 0.551. The predicted octanol–water partition coefficient (Wildman–Crippen LogP) is -0.0636. The van der Waals surface area contributed by atoms with Crippen LogP contribution in [0.1, 0.15) is 5.56 Å². The second-order valence-electron chi connectivity index (χ2n) is 2.24. The molecule has 0 aromatic heterocycles. The van der Waals surface area contributed by atoms with E-state index in [-0.39, 0.29) is 16.5 Å². The largest absolute Gasteiger partial charge is 0.412 e. The van der Waals surface area contributed by atoms with Crippen LogP contribution in [0.3, 0.4) is 0 Å². The lowest BCUT2D eigenvalue weighted by atomic mass is 10.2. The molecule has 0 unspecified atom stereocenters. The minimum atomic E-state index is -4.03. The smallest absolute Gasteiger partial charge is 0.294 e. The highest BCUT2D eigenvalue weighted by Gasteiger charge is 2.10. The van der Waals surface area contributed by atoms with Crippen molar-refractivity contribution in [2.75, 3.05) is 0 Å². The van der Waals surface area contributed by atoms with Gasteiger partial charge < -0.3 is 5.48 Å². The summed E-state index contributed by atoms with van der Waals surface area (Å²) in [6.07, 6.45) is 0. The molecule has 0 heterocycles. The molecule has 0 atom stereocenters. The fraction of sp³-hybridized carbons (Fsp3) is 0.143. The molecule has 0 aliphatic rings. The summed E-state index contributed by atoms with van der Waals surface area (Å²) in [4.78, 5) is -0.0278. The molecule has 3 N–H and O–H groups in total. The molecule has 0 fully saturated rings.